The Morgan fingerprint density at radius 2 is 1.95 bits per heavy atom. The van der Waals surface area contributed by atoms with Crippen LogP contribution >= 0.6 is 11.8 Å². The zero-order valence-corrected chi connectivity index (χ0v) is 11.9. The van der Waals surface area contributed by atoms with E-state index in [1.54, 1.807) is 23.9 Å². The van der Waals surface area contributed by atoms with Crippen molar-refractivity contribution in [3.8, 4) is 5.75 Å². The fourth-order valence-electron chi connectivity index (χ4n) is 2.43. The predicted molar refractivity (Wildman–Crippen MR) is 76.3 cm³/mol. The molecule has 1 aliphatic carbocycles. The SMILES string of the molecule is NC1(c2noc(CSc3ccc(O)cc3)n2)CCCC1. The molecule has 106 valence electrons. The zero-order valence-electron chi connectivity index (χ0n) is 11.1. The van der Waals surface area contributed by atoms with Gasteiger partial charge in [0.1, 0.15) is 5.75 Å². The summed E-state index contributed by atoms with van der Waals surface area (Å²) in [6, 6.07) is 7.04. The molecule has 3 N–H and O–H groups in total. The van der Waals surface area contributed by atoms with Crippen LogP contribution in [-0.4, -0.2) is 15.2 Å². The van der Waals surface area contributed by atoms with Crippen LogP contribution in [0.15, 0.2) is 33.7 Å². The van der Waals surface area contributed by atoms with Gasteiger partial charge in [0.25, 0.3) is 0 Å². The molecule has 1 saturated carbocycles. The number of aromatic nitrogens is 2. The lowest BCUT2D eigenvalue weighted by Gasteiger charge is -2.17. The second kappa shape index (κ2) is 5.46. The van der Waals surface area contributed by atoms with Gasteiger partial charge in [0, 0.05) is 4.90 Å². The molecule has 0 amide bonds. The Morgan fingerprint density at radius 1 is 1.25 bits per heavy atom. The molecule has 0 atom stereocenters. The minimum atomic E-state index is -0.398. The van der Waals surface area contributed by atoms with Crippen LogP contribution in [0.5, 0.6) is 5.75 Å². The molecule has 0 spiro atoms. The number of nitrogens with two attached hydrogens (primary N) is 1. The van der Waals surface area contributed by atoms with Gasteiger partial charge >= 0.3 is 0 Å². The van der Waals surface area contributed by atoms with Gasteiger partial charge in [0.05, 0.1) is 11.3 Å². The predicted octanol–water partition coefficient (Wildman–Crippen LogP) is 2.80. The molecule has 0 saturated heterocycles. The van der Waals surface area contributed by atoms with Crippen LogP contribution in [0.3, 0.4) is 0 Å². The highest BCUT2D eigenvalue weighted by Crippen LogP contribution is 2.35. The Hall–Kier alpha value is -1.53. The molecule has 1 aromatic carbocycles. The molecule has 1 fully saturated rings. The van der Waals surface area contributed by atoms with Crippen molar-refractivity contribution in [3.05, 3.63) is 36.0 Å². The van der Waals surface area contributed by atoms with Gasteiger partial charge in [-0.1, -0.05) is 18.0 Å². The van der Waals surface area contributed by atoms with E-state index in [1.807, 2.05) is 12.1 Å². The second-order valence-corrected chi connectivity index (χ2v) is 6.21. The first-order valence-electron chi connectivity index (χ1n) is 6.69. The van der Waals surface area contributed by atoms with Crippen LogP contribution in [0, 0.1) is 0 Å². The summed E-state index contributed by atoms with van der Waals surface area (Å²) < 4.78 is 5.28. The number of nitrogens with zero attached hydrogens (tertiary/aromatic N) is 2. The van der Waals surface area contributed by atoms with E-state index >= 15 is 0 Å². The summed E-state index contributed by atoms with van der Waals surface area (Å²) in [4.78, 5) is 5.47. The van der Waals surface area contributed by atoms with E-state index in [1.165, 1.54) is 0 Å². The number of benzene rings is 1. The van der Waals surface area contributed by atoms with Gasteiger partial charge in [-0.15, -0.1) is 11.8 Å². The lowest BCUT2D eigenvalue weighted by molar-refractivity contribution is 0.355. The molecule has 1 aromatic heterocycles. The first kappa shape index (κ1) is 13.5. The summed E-state index contributed by atoms with van der Waals surface area (Å²) >= 11 is 1.59. The Labute approximate surface area is 121 Å². The summed E-state index contributed by atoms with van der Waals surface area (Å²) in [5.41, 5.74) is 5.90. The van der Waals surface area contributed by atoms with E-state index in [4.69, 9.17) is 10.3 Å². The van der Waals surface area contributed by atoms with E-state index < -0.39 is 5.54 Å². The first-order valence-corrected chi connectivity index (χ1v) is 7.68. The molecule has 1 aliphatic rings. The summed E-state index contributed by atoms with van der Waals surface area (Å²) in [6.07, 6.45) is 4.11. The molecule has 2 aromatic rings. The summed E-state index contributed by atoms with van der Waals surface area (Å²) in [5.74, 6) is 2.10. The number of phenols is 1. The minimum absolute atomic E-state index is 0.265. The molecular formula is C14H17N3O2S. The molecule has 20 heavy (non-hydrogen) atoms. The van der Waals surface area contributed by atoms with E-state index in [2.05, 4.69) is 10.1 Å². The quantitative estimate of drug-likeness (QED) is 0.843. The average molecular weight is 291 g/mol. The van der Waals surface area contributed by atoms with Crippen LogP contribution < -0.4 is 5.73 Å². The van der Waals surface area contributed by atoms with Gasteiger partial charge in [-0.25, -0.2) is 0 Å². The van der Waals surface area contributed by atoms with Crippen molar-refractivity contribution in [2.24, 2.45) is 5.73 Å². The first-order chi connectivity index (χ1) is 9.66. The lowest BCUT2D eigenvalue weighted by atomic mass is 9.99. The number of hydrogen-bond acceptors (Lipinski definition) is 6. The van der Waals surface area contributed by atoms with Crippen molar-refractivity contribution < 1.29 is 9.63 Å². The maximum absolute atomic E-state index is 9.23. The maximum atomic E-state index is 9.23. The molecule has 1 heterocycles. The van der Waals surface area contributed by atoms with E-state index in [0.717, 1.165) is 30.6 Å². The van der Waals surface area contributed by atoms with Crippen molar-refractivity contribution in [3.63, 3.8) is 0 Å². The molecule has 0 radical (unpaired) electrons. The zero-order chi connectivity index (χ0) is 14.0. The normalized spacial score (nSPS) is 17.4. The third kappa shape index (κ3) is 2.81. The third-order valence-electron chi connectivity index (χ3n) is 3.61. The lowest BCUT2D eigenvalue weighted by Crippen LogP contribution is -2.34. The Morgan fingerprint density at radius 3 is 2.65 bits per heavy atom. The number of aromatic hydroxyl groups is 1. The highest BCUT2D eigenvalue weighted by molar-refractivity contribution is 7.98. The molecule has 6 heteroatoms. The van der Waals surface area contributed by atoms with Crippen LogP contribution in [0.2, 0.25) is 0 Å². The molecule has 0 unspecified atom stereocenters. The smallest absolute Gasteiger partial charge is 0.237 e. The van der Waals surface area contributed by atoms with Gasteiger partial charge in [-0.2, -0.15) is 4.98 Å². The summed E-state index contributed by atoms with van der Waals surface area (Å²) in [7, 11) is 0. The van der Waals surface area contributed by atoms with Gasteiger partial charge < -0.3 is 15.4 Å². The fourth-order valence-corrected chi connectivity index (χ4v) is 3.17. The summed E-state index contributed by atoms with van der Waals surface area (Å²) in [5, 5.41) is 13.3. The van der Waals surface area contributed by atoms with Crippen LogP contribution in [0.1, 0.15) is 37.4 Å². The number of phenolic OH excluding ortho intramolecular Hbond substituents is 1. The highest BCUT2D eigenvalue weighted by Gasteiger charge is 2.35. The van der Waals surface area contributed by atoms with Gasteiger partial charge in [0.15, 0.2) is 5.82 Å². The van der Waals surface area contributed by atoms with Crippen LogP contribution in [-0.2, 0) is 11.3 Å². The molecular weight excluding hydrogens is 274 g/mol. The van der Waals surface area contributed by atoms with Gasteiger partial charge in [-0.05, 0) is 37.1 Å². The second-order valence-electron chi connectivity index (χ2n) is 5.16. The Kier molecular flexibility index (Phi) is 3.67. The maximum Gasteiger partial charge on any atom is 0.237 e. The largest absolute Gasteiger partial charge is 0.508 e. The van der Waals surface area contributed by atoms with Crippen molar-refractivity contribution in [1.82, 2.24) is 10.1 Å². The van der Waals surface area contributed by atoms with Gasteiger partial charge in [0.2, 0.25) is 5.89 Å². The Bertz CT molecular complexity index is 576. The highest BCUT2D eigenvalue weighted by atomic mass is 32.2. The van der Waals surface area contributed by atoms with Crippen molar-refractivity contribution in [2.45, 2.75) is 41.9 Å². The monoisotopic (exact) mass is 291 g/mol. The molecule has 5 nitrogen and oxygen atoms in total. The van der Waals surface area contributed by atoms with E-state index in [9.17, 15) is 5.11 Å². The van der Waals surface area contributed by atoms with Gasteiger partial charge in [-0.3, -0.25) is 0 Å². The fraction of sp³-hybridized carbons (Fsp3) is 0.429. The molecule has 0 aliphatic heterocycles. The minimum Gasteiger partial charge on any atom is -0.508 e. The van der Waals surface area contributed by atoms with E-state index in [-0.39, 0.29) is 5.75 Å². The van der Waals surface area contributed by atoms with Crippen molar-refractivity contribution in [1.29, 1.82) is 0 Å². The average Bonchev–Trinajstić information content (AvgIpc) is 3.08. The van der Waals surface area contributed by atoms with E-state index in [0.29, 0.717) is 17.5 Å². The van der Waals surface area contributed by atoms with Crippen molar-refractivity contribution >= 4 is 11.8 Å². The van der Waals surface area contributed by atoms with Crippen molar-refractivity contribution in [2.75, 3.05) is 0 Å². The Balaban J connectivity index is 1.64. The topological polar surface area (TPSA) is 85.2 Å². The summed E-state index contributed by atoms with van der Waals surface area (Å²) in [6.45, 7) is 0. The van der Waals surface area contributed by atoms with Crippen LogP contribution in [0.4, 0.5) is 0 Å². The number of thioether (sulfide) groups is 1. The molecule has 0 bridgehead atoms. The third-order valence-corrected chi connectivity index (χ3v) is 4.61. The molecule has 3 rings (SSSR count). The van der Waals surface area contributed by atoms with Crippen LogP contribution in [0.25, 0.3) is 0 Å². The number of rotatable bonds is 4. The standard InChI is InChI=1S/C14H17N3O2S/c15-14(7-1-2-8-14)13-16-12(19-17-13)9-20-11-5-3-10(18)4-6-11/h3-6,18H,1-2,7-9,15H2. The number of hydrogen-bond donors (Lipinski definition) is 2.